The smallest absolute Gasteiger partial charge is 0.240 e. The lowest BCUT2D eigenvalue weighted by atomic mass is 9.95. The first kappa shape index (κ1) is 14.1. The van der Waals surface area contributed by atoms with Crippen LogP contribution in [0.1, 0.15) is 50.6 Å². The van der Waals surface area contributed by atoms with E-state index in [2.05, 4.69) is 23.6 Å². The summed E-state index contributed by atoms with van der Waals surface area (Å²) in [5.74, 6) is 0.131. The average molecular weight is 263 g/mol. The SMILES string of the molecule is CNC(C)c1ccn(CC(=O)NC2CCCCC2)c1. The standard InChI is InChI=1S/C15H25N3O/c1-12(16-2)13-8-9-18(10-13)11-15(19)17-14-6-4-3-5-7-14/h8-10,12,14,16H,3-7,11H2,1-2H3,(H,17,19). The summed E-state index contributed by atoms with van der Waals surface area (Å²) in [5.41, 5.74) is 1.22. The Bertz CT molecular complexity index is 407. The van der Waals surface area contributed by atoms with E-state index < -0.39 is 0 Å². The van der Waals surface area contributed by atoms with Crippen LogP contribution in [0.3, 0.4) is 0 Å². The van der Waals surface area contributed by atoms with Gasteiger partial charge >= 0.3 is 0 Å². The van der Waals surface area contributed by atoms with Crippen LogP contribution in [0.2, 0.25) is 0 Å². The van der Waals surface area contributed by atoms with Crippen molar-refractivity contribution in [3.05, 3.63) is 24.0 Å². The predicted molar refractivity (Wildman–Crippen MR) is 76.9 cm³/mol. The minimum absolute atomic E-state index is 0.131. The molecule has 1 aromatic heterocycles. The lowest BCUT2D eigenvalue weighted by molar-refractivity contribution is -0.122. The van der Waals surface area contributed by atoms with E-state index in [1.165, 1.54) is 24.8 Å². The summed E-state index contributed by atoms with van der Waals surface area (Å²) in [7, 11) is 1.94. The van der Waals surface area contributed by atoms with Gasteiger partial charge < -0.3 is 15.2 Å². The molecular weight excluding hydrogens is 238 g/mol. The van der Waals surface area contributed by atoms with Gasteiger partial charge in [0.2, 0.25) is 5.91 Å². The van der Waals surface area contributed by atoms with Gasteiger partial charge in [-0.1, -0.05) is 19.3 Å². The van der Waals surface area contributed by atoms with Crippen molar-refractivity contribution in [3.63, 3.8) is 0 Å². The van der Waals surface area contributed by atoms with Crippen molar-refractivity contribution in [2.24, 2.45) is 0 Å². The molecule has 19 heavy (non-hydrogen) atoms. The number of nitrogens with zero attached hydrogens (tertiary/aromatic N) is 1. The molecule has 0 aromatic carbocycles. The van der Waals surface area contributed by atoms with Crippen molar-refractivity contribution in [2.75, 3.05) is 7.05 Å². The fourth-order valence-electron chi connectivity index (χ4n) is 2.67. The second-order valence-corrected chi connectivity index (χ2v) is 5.53. The molecule has 1 heterocycles. The van der Waals surface area contributed by atoms with Gasteiger partial charge in [0.15, 0.2) is 0 Å². The average Bonchev–Trinajstić information content (AvgIpc) is 2.87. The van der Waals surface area contributed by atoms with E-state index in [0.29, 0.717) is 18.6 Å². The van der Waals surface area contributed by atoms with Crippen molar-refractivity contribution in [2.45, 2.75) is 57.7 Å². The molecule has 1 aromatic rings. The van der Waals surface area contributed by atoms with Crippen LogP contribution in [-0.4, -0.2) is 23.6 Å². The monoisotopic (exact) mass is 263 g/mol. The van der Waals surface area contributed by atoms with E-state index in [4.69, 9.17) is 0 Å². The molecule has 106 valence electrons. The van der Waals surface area contributed by atoms with Crippen molar-refractivity contribution >= 4 is 5.91 Å². The van der Waals surface area contributed by atoms with Crippen LogP contribution in [0.15, 0.2) is 18.5 Å². The Hall–Kier alpha value is -1.29. The topological polar surface area (TPSA) is 46.1 Å². The molecule has 1 saturated carbocycles. The van der Waals surface area contributed by atoms with Gasteiger partial charge in [0.1, 0.15) is 6.54 Å². The van der Waals surface area contributed by atoms with E-state index in [1.54, 1.807) is 0 Å². The zero-order chi connectivity index (χ0) is 13.7. The summed E-state index contributed by atoms with van der Waals surface area (Å²) in [5, 5.41) is 6.34. The third kappa shape index (κ3) is 4.10. The molecule has 4 nitrogen and oxygen atoms in total. The van der Waals surface area contributed by atoms with Crippen LogP contribution < -0.4 is 10.6 Å². The summed E-state index contributed by atoms with van der Waals surface area (Å²) in [6, 6.07) is 2.78. The van der Waals surface area contributed by atoms with Gasteiger partial charge in [-0.15, -0.1) is 0 Å². The molecule has 1 aliphatic rings. The Morgan fingerprint density at radius 3 is 2.84 bits per heavy atom. The maximum Gasteiger partial charge on any atom is 0.240 e. The molecule has 4 heteroatoms. The lowest BCUT2D eigenvalue weighted by Crippen LogP contribution is -2.38. The van der Waals surface area contributed by atoms with Crippen LogP contribution in [0.4, 0.5) is 0 Å². The van der Waals surface area contributed by atoms with E-state index in [0.717, 1.165) is 12.8 Å². The van der Waals surface area contributed by atoms with Crippen LogP contribution >= 0.6 is 0 Å². The fourth-order valence-corrected chi connectivity index (χ4v) is 2.67. The number of hydrogen-bond acceptors (Lipinski definition) is 2. The molecule has 0 spiro atoms. The Morgan fingerprint density at radius 2 is 2.16 bits per heavy atom. The van der Waals surface area contributed by atoms with Gasteiger partial charge in [0.25, 0.3) is 0 Å². The molecule has 1 amide bonds. The molecule has 1 fully saturated rings. The maximum absolute atomic E-state index is 12.0. The quantitative estimate of drug-likeness (QED) is 0.855. The largest absolute Gasteiger partial charge is 0.352 e. The van der Waals surface area contributed by atoms with Gasteiger partial charge in [-0.2, -0.15) is 0 Å². The normalized spacial score (nSPS) is 18.2. The minimum Gasteiger partial charge on any atom is -0.352 e. The molecule has 0 saturated heterocycles. The number of rotatable bonds is 5. The van der Waals surface area contributed by atoms with Gasteiger partial charge in [0.05, 0.1) is 0 Å². The van der Waals surface area contributed by atoms with Crippen LogP contribution in [0.5, 0.6) is 0 Å². The fraction of sp³-hybridized carbons (Fsp3) is 0.667. The second-order valence-electron chi connectivity index (χ2n) is 5.53. The zero-order valence-corrected chi connectivity index (χ0v) is 12.0. The summed E-state index contributed by atoms with van der Waals surface area (Å²) >= 11 is 0. The zero-order valence-electron chi connectivity index (χ0n) is 12.0. The third-order valence-corrected chi connectivity index (χ3v) is 4.00. The minimum atomic E-state index is 0.131. The van der Waals surface area contributed by atoms with Crippen LogP contribution in [0.25, 0.3) is 0 Å². The Balaban J connectivity index is 1.82. The van der Waals surface area contributed by atoms with E-state index >= 15 is 0 Å². The summed E-state index contributed by atoms with van der Waals surface area (Å²) in [6.45, 7) is 2.54. The molecule has 2 rings (SSSR count). The van der Waals surface area contributed by atoms with Crippen molar-refractivity contribution in [3.8, 4) is 0 Å². The van der Waals surface area contributed by atoms with Crippen molar-refractivity contribution < 1.29 is 4.79 Å². The number of nitrogens with one attached hydrogen (secondary N) is 2. The first-order valence-electron chi connectivity index (χ1n) is 7.31. The number of amides is 1. The molecule has 0 bridgehead atoms. The molecule has 0 aliphatic heterocycles. The summed E-state index contributed by atoms with van der Waals surface area (Å²) < 4.78 is 1.96. The highest BCUT2D eigenvalue weighted by molar-refractivity contribution is 5.76. The van der Waals surface area contributed by atoms with Gasteiger partial charge in [-0.05, 0) is 38.4 Å². The molecular formula is C15H25N3O. The summed E-state index contributed by atoms with van der Waals surface area (Å²) in [6.07, 6.45) is 10.1. The van der Waals surface area contributed by atoms with Gasteiger partial charge in [-0.3, -0.25) is 4.79 Å². The molecule has 1 aliphatic carbocycles. The van der Waals surface area contributed by atoms with E-state index in [1.807, 2.05) is 24.0 Å². The van der Waals surface area contributed by atoms with Crippen molar-refractivity contribution in [1.82, 2.24) is 15.2 Å². The van der Waals surface area contributed by atoms with Gasteiger partial charge in [-0.25, -0.2) is 0 Å². The van der Waals surface area contributed by atoms with Gasteiger partial charge in [0, 0.05) is 24.5 Å². The highest BCUT2D eigenvalue weighted by atomic mass is 16.2. The first-order valence-corrected chi connectivity index (χ1v) is 7.31. The van der Waals surface area contributed by atoms with E-state index in [-0.39, 0.29) is 5.91 Å². The highest BCUT2D eigenvalue weighted by Crippen LogP contribution is 2.17. The molecule has 2 N–H and O–H groups in total. The Morgan fingerprint density at radius 1 is 1.42 bits per heavy atom. The van der Waals surface area contributed by atoms with Crippen LogP contribution in [-0.2, 0) is 11.3 Å². The highest BCUT2D eigenvalue weighted by Gasteiger charge is 2.15. The Labute approximate surface area is 115 Å². The second kappa shape index (κ2) is 6.75. The number of carbonyl (C=O) groups is 1. The number of hydrogen-bond donors (Lipinski definition) is 2. The van der Waals surface area contributed by atoms with Crippen molar-refractivity contribution in [1.29, 1.82) is 0 Å². The van der Waals surface area contributed by atoms with Crippen LogP contribution in [0, 0.1) is 0 Å². The van der Waals surface area contributed by atoms with E-state index in [9.17, 15) is 4.79 Å². The lowest BCUT2D eigenvalue weighted by Gasteiger charge is -2.22. The molecule has 1 atom stereocenters. The summed E-state index contributed by atoms with van der Waals surface area (Å²) in [4.78, 5) is 12.0. The number of aromatic nitrogens is 1. The predicted octanol–water partition coefficient (Wildman–Crippen LogP) is 2.22. The third-order valence-electron chi connectivity index (χ3n) is 4.00. The Kier molecular flexibility index (Phi) is 5.02. The molecule has 1 unspecified atom stereocenters. The first-order chi connectivity index (χ1) is 9.19. The molecule has 0 radical (unpaired) electrons. The maximum atomic E-state index is 12.0. The number of carbonyl (C=O) groups excluding carboxylic acids is 1.